The molecule has 0 aliphatic heterocycles. The monoisotopic (exact) mass is 610 g/mol. The van der Waals surface area contributed by atoms with Gasteiger partial charge in [0.1, 0.15) is 11.5 Å². The first-order valence-electron chi connectivity index (χ1n) is 16.5. The second-order valence-electron chi connectivity index (χ2n) is 10.9. The fourth-order valence-corrected chi connectivity index (χ4v) is 6.47. The van der Waals surface area contributed by atoms with Crippen LogP contribution in [0.5, 0.6) is 11.5 Å². The van der Waals surface area contributed by atoms with Crippen LogP contribution in [0.15, 0.2) is 109 Å². The van der Waals surface area contributed by atoms with Crippen molar-refractivity contribution in [2.24, 2.45) is 0 Å². The lowest BCUT2D eigenvalue weighted by atomic mass is 9.60. The van der Waals surface area contributed by atoms with Gasteiger partial charge in [-0.3, -0.25) is 0 Å². The molecule has 2 bridgehead atoms. The summed E-state index contributed by atoms with van der Waals surface area (Å²) < 4.78 is 12.3. The van der Waals surface area contributed by atoms with Gasteiger partial charge in [0, 0.05) is 23.0 Å². The lowest BCUT2D eigenvalue weighted by Crippen LogP contribution is -2.29. The molecule has 0 heterocycles. The van der Waals surface area contributed by atoms with Crippen molar-refractivity contribution in [2.45, 2.75) is 66.2 Å². The number of hydrogen-bond acceptors (Lipinski definition) is 4. The fourth-order valence-electron chi connectivity index (χ4n) is 6.47. The Labute approximate surface area is 273 Å². The van der Waals surface area contributed by atoms with Crippen LogP contribution in [0.3, 0.4) is 0 Å². The Hall–Kier alpha value is -4.96. The Morgan fingerprint density at radius 1 is 0.478 bits per heavy atom. The first-order valence-corrected chi connectivity index (χ1v) is 16.5. The van der Waals surface area contributed by atoms with E-state index in [0.29, 0.717) is 22.6 Å². The Kier molecular flexibility index (Phi) is 10.2. The average Bonchev–Trinajstić information content (AvgIpc) is 3.14. The zero-order chi connectivity index (χ0) is 32.8. The highest BCUT2D eigenvalue weighted by Gasteiger charge is 2.45. The molecular formula is C42H42O4. The van der Waals surface area contributed by atoms with E-state index in [1.807, 2.05) is 100 Å². The second-order valence-corrected chi connectivity index (χ2v) is 10.9. The summed E-state index contributed by atoms with van der Waals surface area (Å²) in [7, 11) is 0. The maximum Gasteiger partial charge on any atom is 0.343 e. The van der Waals surface area contributed by atoms with Crippen LogP contribution in [-0.2, 0) is 12.8 Å². The molecular weight excluding hydrogens is 568 g/mol. The first kappa shape index (κ1) is 32.4. The van der Waals surface area contributed by atoms with Crippen LogP contribution in [0.1, 0.15) is 119 Å². The van der Waals surface area contributed by atoms with Gasteiger partial charge < -0.3 is 9.47 Å². The van der Waals surface area contributed by atoms with E-state index in [9.17, 15) is 9.59 Å². The molecule has 4 heteroatoms. The molecule has 234 valence electrons. The predicted molar refractivity (Wildman–Crippen MR) is 185 cm³/mol. The summed E-state index contributed by atoms with van der Waals surface area (Å²) in [5.74, 6) is -0.177. The highest BCUT2D eigenvalue weighted by Crippen LogP contribution is 2.60. The summed E-state index contributed by atoms with van der Waals surface area (Å²) in [4.78, 5) is 26.8. The number of carbonyl (C=O) groups is 2. The third kappa shape index (κ3) is 5.88. The molecule has 0 fully saturated rings. The molecule has 0 radical (unpaired) electrons. The Balaban J connectivity index is 0.00000100. The van der Waals surface area contributed by atoms with E-state index in [0.717, 1.165) is 35.1 Å². The smallest absolute Gasteiger partial charge is 0.343 e. The van der Waals surface area contributed by atoms with Crippen LogP contribution in [0.25, 0.3) is 0 Å². The van der Waals surface area contributed by atoms with Crippen molar-refractivity contribution >= 4 is 11.9 Å². The third-order valence-electron chi connectivity index (χ3n) is 8.62. The maximum atomic E-state index is 13.4. The third-order valence-corrected chi connectivity index (χ3v) is 8.62. The molecule has 0 N–H and O–H groups in total. The van der Waals surface area contributed by atoms with Crippen molar-refractivity contribution in [1.29, 1.82) is 0 Å². The Bertz CT molecular complexity index is 1650. The number of aryl methyl sites for hydroxylation is 2. The van der Waals surface area contributed by atoms with Crippen LogP contribution < -0.4 is 9.47 Å². The summed E-state index contributed by atoms with van der Waals surface area (Å²) in [6.45, 7) is 12.2. The predicted octanol–water partition coefficient (Wildman–Crippen LogP) is 10.3. The lowest BCUT2D eigenvalue weighted by molar-refractivity contribution is 0.0716. The molecule has 46 heavy (non-hydrogen) atoms. The molecule has 0 saturated carbocycles. The van der Waals surface area contributed by atoms with Gasteiger partial charge >= 0.3 is 11.9 Å². The number of hydrogen-bond donors (Lipinski definition) is 0. The minimum Gasteiger partial charge on any atom is -0.423 e. The standard InChI is InChI=1S/C38H30O4.2C2H6/c1-3-23-13-17-25(18-14-23)37(39)41-31-21-22-32(42-38(40)26-19-15-24(4-2)16-20-26)36-34-29-11-7-5-9-27(29)33(35(31)36)28-10-6-8-12-30(28)34;2*1-2/h5-22,33-34H,3-4H2,1-2H3;2*1-2H3. The van der Waals surface area contributed by atoms with E-state index in [4.69, 9.17) is 9.47 Å². The largest absolute Gasteiger partial charge is 0.423 e. The van der Waals surface area contributed by atoms with Crippen molar-refractivity contribution in [2.75, 3.05) is 0 Å². The minimum atomic E-state index is -0.413. The molecule has 0 aromatic heterocycles. The highest BCUT2D eigenvalue weighted by atomic mass is 16.5. The van der Waals surface area contributed by atoms with Gasteiger partial charge in [0.15, 0.2) is 0 Å². The summed E-state index contributed by atoms with van der Waals surface area (Å²) >= 11 is 0. The average molecular weight is 611 g/mol. The van der Waals surface area contributed by atoms with Gasteiger partial charge in [-0.15, -0.1) is 0 Å². The topological polar surface area (TPSA) is 52.6 Å². The fraction of sp³-hybridized carbons (Fsp3) is 0.238. The Morgan fingerprint density at radius 3 is 1.07 bits per heavy atom. The molecule has 8 rings (SSSR count). The summed E-state index contributed by atoms with van der Waals surface area (Å²) in [5.41, 5.74) is 9.77. The van der Waals surface area contributed by atoms with Crippen LogP contribution >= 0.6 is 0 Å². The first-order chi connectivity index (χ1) is 22.6. The SMILES string of the molecule is CC.CC.CCc1ccc(C(=O)Oc2ccc(OC(=O)c3ccc(CC)cc3)c3c2C2c4ccccc4C3c3ccccc32)cc1. The van der Waals surface area contributed by atoms with Gasteiger partial charge in [0.05, 0.1) is 11.1 Å². The van der Waals surface area contributed by atoms with E-state index < -0.39 is 11.9 Å². The van der Waals surface area contributed by atoms with Gasteiger partial charge in [-0.25, -0.2) is 9.59 Å². The molecule has 0 spiro atoms. The summed E-state index contributed by atoms with van der Waals surface area (Å²) in [6, 6.07) is 35.4. The van der Waals surface area contributed by atoms with Crippen LogP contribution in [0, 0.1) is 0 Å². The molecule has 4 nitrogen and oxygen atoms in total. The molecule has 0 atom stereocenters. The van der Waals surface area contributed by atoms with Gasteiger partial charge in [0.25, 0.3) is 0 Å². The van der Waals surface area contributed by atoms with Gasteiger partial charge in [0.2, 0.25) is 0 Å². The summed E-state index contributed by atoms with van der Waals surface area (Å²) in [6.07, 6.45) is 1.79. The second kappa shape index (κ2) is 14.4. The lowest BCUT2D eigenvalue weighted by Gasteiger charge is -2.43. The molecule has 3 aliphatic rings. The van der Waals surface area contributed by atoms with Gasteiger partial charge in [-0.1, -0.05) is 114 Å². The molecule has 0 unspecified atom stereocenters. The number of carbonyl (C=O) groups excluding carboxylic acids is 2. The number of benzene rings is 5. The van der Waals surface area contributed by atoms with Crippen molar-refractivity contribution in [1.82, 2.24) is 0 Å². The normalized spacial score (nSPS) is 14.7. The van der Waals surface area contributed by atoms with Crippen LogP contribution in [0.4, 0.5) is 0 Å². The van der Waals surface area contributed by atoms with E-state index >= 15 is 0 Å². The van der Waals surface area contributed by atoms with E-state index in [1.54, 1.807) is 12.1 Å². The van der Waals surface area contributed by atoms with Crippen molar-refractivity contribution in [3.63, 3.8) is 0 Å². The van der Waals surface area contributed by atoms with E-state index in [2.05, 4.69) is 38.1 Å². The quantitative estimate of drug-likeness (QED) is 0.139. The maximum absolute atomic E-state index is 13.4. The van der Waals surface area contributed by atoms with Gasteiger partial charge in [-0.05, 0) is 82.6 Å². The minimum absolute atomic E-state index is 0.162. The van der Waals surface area contributed by atoms with E-state index in [-0.39, 0.29) is 11.8 Å². The molecule has 5 aromatic carbocycles. The van der Waals surface area contributed by atoms with Crippen LogP contribution in [0.2, 0.25) is 0 Å². The van der Waals surface area contributed by atoms with Crippen molar-refractivity contribution in [3.8, 4) is 11.5 Å². The Morgan fingerprint density at radius 2 is 0.783 bits per heavy atom. The molecule has 5 aromatic rings. The molecule has 3 aliphatic carbocycles. The summed E-state index contributed by atoms with van der Waals surface area (Å²) in [5, 5.41) is 0. The van der Waals surface area contributed by atoms with Crippen molar-refractivity contribution in [3.05, 3.63) is 165 Å². The number of rotatable bonds is 6. The van der Waals surface area contributed by atoms with Crippen molar-refractivity contribution < 1.29 is 19.1 Å². The van der Waals surface area contributed by atoms with E-state index in [1.165, 1.54) is 22.3 Å². The number of esters is 2. The zero-order valence-corrected chi connectivity index (χ0v) is 27.6. The zero-order valence-electron chi connectivity index (χ0n) is 27.6. The molecule has 0 saturated heterocycles. The molecule has 0 amide bonds. The highest BCUT2D eigenvalue weighted by molar-refractivity contribution is 5.93. The van der Waals surface area contributed by atoms with Gasteiger partial charge in [-0.2, -0.15) is 0 Å². The van der Waals surface area contributed by atoms with Crippen LogP contribution in [-0.4, -0.2) is 11.9 Å². The number of ether oxygens (including phenoxy) is 2.